The number of ether oxygens (including phenoxy) is 1. The van der Waals surface area contributed by atoms with Gasteiger partial charge in [0, 0.05) is 35.9 Å². The van der Waals surface area contributed by atoms with E-state index in [0.717, 1.165) is 77.3 Å². The zero-order valence-electron chi connectivity index (χ0n) is 20.1. The number of pyridine rings is 1. The van der Waals surface area contributed by atoms with Crippen LogP contribution in [0.5, 0.6) is 0 Å². The molecule has 5 rings (SSSR count). The lowest BCUT2D eigenvalue weighted by Gasteiger charge is -2.26. The molecule has 4 N–H and O–H groups in total. The zero-order chi connectivity index (χ0) is 27.3. The highest BCUT2D eigenvalue weighted by Gasteiger charge is 2.38. The first-order valence-electron chi connectivity index (χ1n) is 11.7. The van der Waals surface area contributed by atoms with Crippen molar-refractivity contribution in [2.75, 3.05) is 38.6 Å². The molecule has 2 aromatic carbocycles. The van der Waals surface area contributed by atoms with E-state index in [4.69, 9.17) is 25.4 Å². The third-order valence-corrected chi connectivity index (χ3v) is 6.43. The molecule has 1 aliphatic rings. The van der Waals surface area contributed by atoms with Crippen molar-refractivity contribution in [1.29, 1.82) is 0 Å². The summed E-state index contributed by atoms with van der Waals surface area (Å²) < 4.78 is 38.2. The van der Waals surface area contributed by atoms with Gasteiger partial charge in [-0.05, 0) is 41.8 Å². The van der Waals surface area contributed by atoms with Crippen LogP contribution in [0, 0.1) is 0 Å². The van der Waals surface area contributed by atoms with Crippen LogP contribution in [0.1, 0.15) is 5.56 Å². The van der Waals surface area contributed by atoms with Crippen molar-refractivity contribution >= 4 is 38.8 Å². The van der Waals surface area contributed by atoms with Crippen LogP contribution in [0.15, 0.2) is 59.2 Å². The van der Waals surface area contributed by atoms with Gasteiger partial charge >= 0.3 is 12.1 Å². The Balaban J connectivity index is 0.000000426. The number of nitrogen functional groups attached to an aromatic ring is 1. The lowest BCUT2D eigenvalue weighted by molar-refractivity contribution is -0.192. The number of hydrogen-bond donors (Lipinski definition) is 3. The van der Waals surface area contributed by atoms with Crippen molar-refractivity contribution in [1.82, 2.24) is 19.9 Å². The topological polar surface area (TPSA) is 117 Å². The van der Waals surface area contributed by atoms with Crippen LogP contribution in [0.4, 0.5) is 19.0 Å². The Hall–Kier alpha value is -3.48. The first-order chi connectivity index (χ1) is 18.1. The number of H-pyrrole nitrogens is 1. The monoisotopic (exact) mass is 591 g/mol. The quantitative estimate of drug-likeness (QED) is 0.294. The second kappa shape index (κ2) is 11.9. The predicted octanol–water partition coefficient (Wildman–Crippen LogP) is 5.14. The Morgan fingerprint density at radius 3 is 2.58 bits per heavy atom. The molecule has 0 spiro atoms. The van der Waals surface area contributed by atoms with Gasteiger partial charge in [0.1, 0.15) is 11.6 Å². The second-order valence-corrected chi connectivity index (χ2v) is 9.53. The number of alkyl halides is 3. The van der Waals surface area contributed by atoms with E-state index in [0.29, 0.717) is 5.82 Å². The molecule has 0 amide bonds. The number of hydrogen-bond acceptors (Lipinski definition) is 6. The number of benzene rings is 2. The number of imidazole rings is 1. The molecular formula is C26H25BrF3N5O3. The maximum Gasteiger partial charge on any atom is 0.490 e. The van der Waals surface area contributed by atoms with Gasteiger partial charge in [0.15, 0.2) is 0 Å². The minimum atomic E-state index is -5.08. The number of halogens is 4. The van der Waals surface area contributed by atoms with E-state index >= 15 is 0 Å². The summed E-state index contributed by atoms with van der Waals surface area (Å²) in [4.78, 5) is 23.9. The lowest BCUT2D eigenvalue weighted by Crippen LogP contribution is -2.37. The highest BCUT2D eigenvalue weighted by Crippen LogP contribution is 2.30. The fourth-order valence-electron chi connectivity index (χ4n) is 3.95. The van der Waals surface area contributed by atoms with E-state index in [-0.39, 0.29) is 0 Å². The number of aliphatic carboxylic acids is 1. The number of nitrogens with two attached hydrogens (primary N) is 1. The molecular weight excluding hydrogens is 567 g/mol. The third-order valence-electron chi connectivity index (χ3n) is 5.94. The standard InChI is InChI=1S/C24H24BrN5O.C2HF3O2/c25-19-4-5-21-22(14-19)29-24(28-21)20-13-18(15-27-23(20)26)17-3-1-2-16(12-17)6-7-30-8-10-31-11-9-30;3-2(4,5)1(6)7/h1-5,12-15H,6-11H2,(H2,26,27)(H,28,29);(H,6,7). The summed E-state index contributed by atoms with van der Waals surface area (Å²) >= 11 is 3.51. The molecule has 0 unspecified atom stereocenters. The van der Waals surface area contributed by atoms with Gasteiger partial charge in [0.25, 0.3) is 0 Å². The molecule has 200 valence electrons. The number of fused-ring (bicyclic) bond motifs is 1. The molecule has 12 heteroatoms. The van der Waals surface area contributed by atoms with Crippen molar-refractivity contribution < 1.29 is 27.8 Å². The van der Waals surface area contributed by atoms with Crippen LogP contribution in [-0.4, -0.2) is 70.0 Å². The maximum absolute atomic E-state index is 10.6. The summed E-state index contributed by atoms with van der Waals surface area (Å²) in [5.74, 6) is -1.57. The van der Waals surface area contributed by atoms with E-state index < -0.39 is 12.1 Å². The van der Waals surface area contributed by atoms with Gasteiger partial charge in [-0.1, -0.05) is 40.2 Å². The summed E-state index contributed by atoms with van der Waals surface area (Å²) in [5.41, 5.74) is 12.4. The van der Waals surface area contributed by atoms with Crippen molar-refractivity contribution in [3.05, 3.63) is 64.8 Å². The summed E-state index contributed by atoms with van der Waals surface area (Å²) in [6.07, 6.45) is -2.24. The molecule has 2 aromatic heterocycles. The van der Waals surface area contributed by atoms with Gasteiger partial charge in [-0.15, -0.1) is 0 Å². The second-order valence-electron chi connectivity index (χ2n) is 8.61. The molecule has 38 heavy (non-hydrogen) atoms. The van der Waals surface area contributed by atoms with Gasteiger partial charge in [-0.2, -0.15) is 13.2 Å². The first-order valence-corrected chi connectivity index (χ1v) is 12.5. The van der Waals surface area contributed by atoms with Gasteiger partial charge in [-0.3, -0.25) is 4.90 Å². The minimum Gasteiger partial charge on any atom is -0.475 e. The molecule has 0 atom stereocenters. The van der Waals surface area contributed by atoms with Gasteiger partial charge in [-0.25, -0.2) is 14.8 Å². The number of morpholine rings is 1. The van der Waals surface area contributed by atoms with Gasteiger partial charge in [0.2, 0.25) is 0 Å². The summed E-state index contributed by atoms with van der Waals surface area (Å²) in [7, 11) is 0. The number of aromatic nitrogens is 3. The Bertz CT molecular complexity index is 1420. The molecule has 0 aliphatic carbocycles. The van der Waals surface area contributed by atoms with Crippen LogP contribution in [0.25, 0.3) is 33.5 Å². The van der Waals surface area contributed by atoms with Crippen LogP contribution in [0.2, 0.25) is 0 Å². The number of carbonyl (C=O) groups is 1. The number of nitrogens with one attached hydrogen (secondary N) is 1. The molecule has 4 aromatic rings. The molecule has 8 nitrogen and oxygen atoms in total. The average molecular weight is 592 g/mol. The van der Waals surface area contributed by atoms with E-state index in [9.17, 15) is 13.2 Å². The highest BCUT2D eigenvalue weighted by molar-refractivity contribution is 9.10. The first kappa shape index (κ1) is 27.6. The highest BCUT2D eigenvalue weighted by atomic mass is 79.9. The zero-order valence-corrected chi connectivity index (χ0v) is 21.7. The largest absolute Gasteiger partial charge is 0.490 e. The summed E-state index contributed by atoms with van der Waals surface area (Å²) in [5, 5.41) is 7.12. The van der Waals surface area contributed by atoms with Crippen molar-refractivity contribution in [3.8, 4) is 22.5 Å². The van der Waals surface area contributed by atoms with Crippen LogP contribution in [-0.2, 0) is 16.0 Å². The van der Waals surface area contributed by atoms with Crippen molar-refractivity contribution in [3.63, 3.8) is 0 Å². The molecule has 1 saturated heterocycles. The number of anilines is 1. The van der Waals surface area contributed by atoms with E-state index in [1.807, 2.05) is 24.4 Å². The Morgan fingerprint density at radius 2 is 1.87 bits per heavy atom. The number of carboxylic acid groups (broad SMARTS) is 1. The summed E-state index contributed by atoms with van der Waals surface area (Å²) in [6, 6.07) is 16.7. The molecule has 1 aliphatic heterocycles. The molecule has 0 radical (unpaired) electrons. The number of carboxylic acids is 1. The number of nitrogens with zero attached hydrogens (tertiary/aromatic N) is 3. The van der Waals surface area contributed by atoms with Gasteiger partial charge < -0.3 is 20.6 Å². The fraction of sp³-hybridized carbons (Fsp3) is 0.269. The maximum atomic E-state index is 10.6. The fourth-order valence-corrected chi connectivity index (χ4v) is 4.31. The third kappa shape index (κ3) is 7.09. The number of aromatic amines is 1. The molecule has 3 heterocycles. The molecule has 0 bridgehead atoms. The lowest BCUT2D eigenvalue weighted by atomic mass is 10.0. The van der Waals surface area contributed by atoms with Gasteiger partial charge in [0.05, 0.1) is 29.8 Å². The van der Waals surface area contributed by atoms with E-state index in [1.54, 1.807) is 0 Å². The Labute approximate surface area is 224 Å². The SMILES string of the molecule is Nc1ncc(-c2cccc(CCN3CCOCC3)c2)cc1-c1nc2ccc(Br)cc2[nH]1.O=C(O)C(F)(F)F. The smallest absolute Gasteiger partial charge is 0.475 e. The van der Waals surface area contributed by atoms with Crippen molar-refractivity contribution in [2.45, 2.75) is 12.6 Å². The van der Waals surface area contributed by atoms with E-state index in [2.05, 4.69) is 61.1 Å². The average Bonchev–Trinajstić information content (AvgIpc) is 3.31. The van der Waals surface area contributed by atoms with Crippen LogP contribution in [0.3, 0.4) is 0 Å². The predicted molar refractivity (Wildman–Crippen MR) is 142 cm³/mol. The van der Waals surface area contributed by atoms with E-state index in [1.165, 1.54) is 5.56 Å². The normalized spacial score (nSPS) is 14.2. The Kier molecular flexibility index (Phi) is 8.65. The minimum absolute atomic E-state index is 0.463. The van der Waals surface area contributed by atoms with Crippen molar-refractivity contribution in [2.24, 2.45) is 0 Å². The Morgan fingerprint density at radius 1 is 1.13 bits per heavy atom. The molecule has 1 fully saturated rings. The molecule has 0 saturated carbocycles. The number of rotatable bonds is 5. The summed E-state index contributed by atoms with van der Waals surface area (Å²) in [6.45, 7) is 4.74. The van der Waals surface area contributed by atoms with Crippen LogP contribution >= 0.6 is 15.9 Å². The van der Waals surface area contributed by atoms with Crippen LogP contribution < -0.4 is 5.73 Å².